The molecule has 2 rings (SSSR count). The Kier molecular flexibility index (Phi) is 5.61. The van der Waals surface area contributed by atoms with Crippen molar-refractivity contribution in [2.45, 2.75) is 32.3 Å². The van der Waals surface area contributed by atoms with E-state index < -0.39 is 0 Å². The van der Waals surface area contributed by atoms with E-state index in [1.165, 1.54) is 25.9 Å². The second-order valence-electron chi connectivity index (χ2n) is 5.34. The molecule has 0 saturated carbocycles. The minimum absolute atomic E-state index is 0.472. The van der Waals surface area contributed by atoms with Gasteiger partial charge in [-0.2, -0.15) is 0 Å². The summed E-state index contributed by atoms with van der Waals surface area (Å²) in [5.41, 5.74) is 2.19. The number of ether oxygens (including phenoxy) is 1. The summed E-state index contributed by atoms with van der Waals surface area (Å²) >= 11 is 0. The second kappa shape index (κ2) is 7.46. The van der Waals surface area contributed by atoms with Crippen LogP contribution in [0.4, 0.5) is 5.69 Å². The third-order valence-corrected chi connectivity index (χ3v) is 3.57. The Morgan fingerprint density at radius 2 is 2.21 bits per heavy atom. The standard InChI is InChI=1S/C15H25N3O/c1-13-12-14(4-8-16-13)17-7-3-11-19-15-5-9-18(2)10-6-15/h4,8,12,15H,3,5-7,9-11H2,1-2H3,(H,16,17). The van der Waals surface area contributed by atoms with E-state index in [0.29, 0.717) is 6.10 Å². The number of aryl methyl sites for hydroxylation is 1. The predicted octanol–water partition coefficient (Wildman–Crippen LogP) is 2.30. The van der Waals surface area contributed by atoms with Gasteiger partial charge in [-0.3, -0.25) is 4.98 Å². The van der Waals surface area contributed by atoms with Gasteiger partial charge in [0.25, 0.3) is 0 Å². The number of rotatable bonds is 6. The average molecular weight is 263 g/mol. The normalized spacial score (nSPS) is 17.6. The van der Waals surface area contributed by atoms with Crippen LogP contribution in [-0.2, 0) is 4.74 Å². The lowest BCUT2D eigenvalue weighted by atomic mass is 10.1. The fourth-order valence-electron chi connectivity index (χ4n) is 2.36. The molecule has 1 aromatic rings. The van der Waals surface area contributed by atoms with Crippen molar-refractivity contribution < 1.29 is 4.74 Å². The van der Waals surface area contributed by atoms with Crippen molar-refractivity contribution in [2.24, 2.45) is 0 Å². The van der Waals surface area contributed by atoms with Gasteiger partial charge in [-0.25, -0.2) is 0 Å². The Hall–Kier alpha value is -1.13. The molecule has 0 unspecified atom stereocenters. The SMILES string of the molecule is Cc1cc(NCCCOC2CCN(C)CC2)ccn1. The van der Waals surface area contributed by atoms with Crippen LogP contribution in [0.3, 0.4) is 0 Å². The van der Waals surface area contributed by atoms with Crippen LogP contribution in [0.2, 0.25) is 0 Å². The number of hydrogen-bond acceptors (Lipinski definition) is 4. The number of hydrogen-bond donors (Lipinski definition) is 1. The van der Waals surface area contributed by atoms with Gasteiger partial charge in [0.2, 0.25) is 0 Å². The molecule has 19 heavy (non-hydrogen) atoms. The molecule has 1 fully saturated rings. The molecule has 0 spiro atoms. The lowest BCUT2D eigenvalue weighted by Crippen LogP contribution is -2.34. The van der Waals surface area contributed by atoms with E-state index in [1.54, 1.807) is 0 Å². The zero-order valence-corrected chi connectivity index (χ0v) is 12.1. The average Bonchev–Trinajstić information content (AvgIpc) is 2.41. The number of nitrogens with one attached hydrogen (secondary N) is 1. The summed E-state index contributed by atoms with van der Waals surface area (Å²) in [6, 6.07) is 4.07. The highest BCUT2D eigenvalue weighted by molar-refractivity contribution is 5.42. The minimum Gasteiger partial charge on any atom is -0.385 e. The van der Waals surface area contributed by atoms with E-state index in [0.717, 1.165) is 31.0 Å². The van der Waals surface area contributed by atoms with Crippen molar-refractivity contribution in [1.82, 2.24) is 9.88 Å². The minimum atomic E-state index is 0.472. The van der Waals surface area contributed by atoms with Gasteiger partial charge < -0.3 is 15.0 Å². The Bertz CT molecular complexity index is 375. The van der Waals surface area contributed by atoms with Crippen molar-refractivity contribution in [3.63, 3.8) is 0 Å². The van der Waals surface area contributed by atoms with Crippen LogP contribution < -0.4 is 5.32 Å². The molecule has 1 saturated heterocycles. The first-order valence-electron chi connectivity index (χ1n) is 7.21. The van der Waals surface area contributed by atoms with E-state index in [1.807, 2.05) is 19.2 Å². The second-order valence-corrected chi connectivity index (χ2v) is 5.34. The first kappa shape index (κ1) is 14.3. The number of likely N-dealkylation sites (tertiary alicyclic amines) is 1. The van der Waals surface area contributed by atoms with Gasteiger partial charge in [0, 0.05) is 43.8 Å². The first-order valence-corrected chi connectivity index (χ1v) is 7.21. The molecule has 1 aliphatic rings. The van der Waals surface area contributed by atoms with Gasteiger partial charge in [0.15, 0.2) is 0 Å². The summed E-state index contributed by atoms with van der Waals surface area (Å²) in [5.74, 6) is 0. The number of nitrogens with zero attached hydrogens (tertiary/aromatic N) is 2. The van der Waals surface area contributed by atoms with Crippen LogP contribution in [0.5, 0.6) is 0 Å². The third-order valence-electron chi connectivity index (χ3n) is 3.57. The summed E-state index contributed by atoms with van der Waals surface area (Å²) in [6.07, 6.45) is 5.71. The largest absolute Gasteiger partial charge is 0.385 e. The van der Waals surface area contributed by atoms with Gasteiger partial charge in [-0.05, 0) is 45.4 Å². The maximum atomic E-state index is 5.91. The van der Waals surface area contributed by atoms with E-state index >= 15 is 0 Å². The monoisotopic (exact) mass is 263 g/mol. The van der Waals surface area contributed by atoms with Crippen molar-refractivity contribution in [3.8, 4) is 0 Å². The lowest BCUT2D eigenvalue weighted by molar-refractivity contribution is 0.0125. The van der Waals surface area contributed by atoms with Crippen molar-refractivity contribution in [3.05, 3.63) is 24.0 Å². The molecule has 0 atom stereocenters. The topological polar surface area (TPSA) is 37.4 Å². The van der Waals surface area contributed by atoms with Crippen molar-refractivity contribution >= 4 is 5.69 Å². The van der Waals surface area contributed by atoms with E-state index in [4.69, 9.17) is 4.74 Å². The van der Waals surface area contributed by atoms with E-state index in [-0.39, 0.29) is 0 Å². The van der Waals surface area contributed by atoms with Gasteiger partial charge >= 0.3 is 0 Å². The van der Waals surface area contributed by atoms with Crippen LogP contribution >= 0.6 is 0 Å². The highest BCUT2D eigenvalue weighted by Gasteiger charge is 2.16. The summed E-state index contributed by atoms with van der Waals surface area (Å²) in [6.45, 7) is 6.15. The molecule has 1 N–H and O–H groups in total. The summed E-state index contributed by atoms with van der Waals surface area (Å²) in [5, 5.41) is 3.40. The predicted molar refractivity (Wildman–Crippen MR) is 78.6 cm³/mol. The Morgan fingerprint density at radius 1 is 1.42 bits per heavy atom. The van der Waals surface area contributed by atoms with Crippen LogP contribution in [0.15, 0.2) is 18.3 Å². The zero-order valence-electron chi connectivity index (χ0n) is 12.1. The zero-order chi connectivity index (χ0) is 13.5. The smallest absolute Gasteiger partial charge is 0.0599 e. The summed E-state index contributed by atoms with van der Waals surface area (Å²) < 4.78 is 5.91. The Morgan fingerprint density at radius 3 is 2.95 bits per heavy atom. The highest BCUT2D eigenvalue weighted by Crippen LogP contribution is 2.12. The van der Waals surface area contributed by atoms with Crippen LogP contribution in [0.1, 0.15) is 25.0 Å². The molecule has 0 aromatic carbocycles. The molecule has 106 valence electrons. The summed E-state index contributed by atoms with van der Waals surface area (Å²) in [7, 11) is 2.18. The molecule has 0 bridgehead atoms. The first-order chi connectivity index (χ1) is 9.24. The number of anilines is 1. The number of pyridine rings is 1. The number of aromatic nitrogens is 1. The fraction of sp³-hybridized carbons (Fsp3) is 0.667. The maximum absolute atomic E-state index is 5.91. The van der Waals surface area contributed by atoms with E-state index in [9.17, 15) is 0 Å². The van der Waals surface area contributed by atoms with Crippen LogP contribution in [0, 0.1) is 6.92 Å². The fourth-order valence-corrected chi connectivity index (χ4v) is 2.36. The molecule has 0 amide bonds. The molecular formula is C15H25N3O. The van der Waals surface area contributed by atoms with Crippen LogP contribution in [-0.4, -0.2) is 49.3 Å². The number of piperidine rings is 1. The van der Waals surface area contributed by atoms with Gasteiger partial charge in [-0.15, -0.1) is 0 Å². The molecule has 1 aliphatic heterocycles. The molecular weight excluding hydrogens is 238 g/mol. The third kappa shape index (κ3) is 5.17. The molecule has 0 radical (unpaired) electrons. The van der Waals surface area contributed by atoms with E-state index in [2.05, 4.69) is 28.3 Å². The Labute approximate surface area is 116 Å². The lowest BCUT2D eigenvalue weighted by Gasteiger charge is -2.28. The van der Waals surface area contributed by atoms with Crippen molar-refractivity contribution in [1.29, 1.82) is 0 Å². The molecule has 1 aromatic heterocycles. The van der Waals surface area contributed by atoms with Crippen LogP contribution in [0.25, 0.3) is 0 Å². The highest BCUT2D eigenvalue weighted by atomic mass is 16.5. The molecule has 4 heteroatoms. The van der Waals surface area contributed by atoms with Gasteiger partial charge in [0.05, 0.1) is 6.10 Å². The van der Waals surface area contributed by atoms with Gasteiger partial charge in [-0.1, -0.05) is 0 Å². The molecule has 4 nitrogen and oxygen atoms in total. The summed E-state index contributed by atoms with van der Waals surface area (Å²) in [4.78, 5) is 6.55. The van der Waals surface area contributed by atoms with Gasteiger partial charge in [0.1, 0.15) is 0 Å². The van der Waals surface area contributed by atoms with Crippen molar-refractivity contribution in [2.75, 3.05) is 38.6 Å². The molecule has 2 heterocycles. The quantitative estimate of drug-likeness (QED) is 0.799. The molecule has 0 aliphatic carbocycles. The Balaban J connectivity index is 1.55. The maximum Gasteiger partial charge on any atom is 0.0599 e.